The average molecular weight is 350 g/mol. The Bertz CT molecular complexity index is 659. The van der Waals surface area contributed by atoms with Crippen LogP contribution in [0.5, 0.6) is 5.75 Å². The summed E-state index contributed by atoms with van der Waals surface area (Å²) in [5.41, 5.74) is 3.60. The molecule has 1 atom stereocenters. The molecule has 4 heteroatoms. The Balaban J connectivity index is 1.75. The summed E-state index contributed by atoms with van der Waals surface area (Å²) in [5.74, 6) is 0.679. The fourth-order valence-corrected chi connectivity index (χ4v) is 3.22. The largest absolute Gasteiger partial charge is 0.497 e. The Morgan fingerprint density at radius 1 is 1.29 bits per heavy atom. The Hall–Kier alpha value is -1.39. The van der Waals surface area contributed by atoms with Gasteiger partial charge >= 0.3 is 0 Å². The molecule has 3 rings (SSSR count). The lowest BCUT2D eigenvalue weighted by Crippen LogP contribution is -2.19. The van der Waals surface area contributed by atoms with Gasteiger partial charge in [-0.3, -0.25) is 0 Å². The summed E-state index contributed by atoms with van der Waals surface area (Å²) in [7, 11) is 1.68. The maximum absolute atomic E-state index is 13.3. The summed E-state index contributed by atoms with van der Waals surface area (Å²) in [6.45, 7) is 0.639. The van der Waals surface area contributed by atoms with E-state index in [0.29, 0.717) is 12.6 Å². The van der Waals surface area contributed by atoms with Crippen LogP contribution in [0.4, 0.5) is 4.39 Å². The molecule has 1 aliphatic carbocycles. The first-order chi connectivity index (χ1) is 10.2. The summed E-state index contributed by atoms with van der Waals surface area (Å²) in [4.78, 5) is 0. The molecular weight excluding hydrogens is 333 g/mol. The van der Waals surface area contributed by atoms with E-state index in [1.165, 1.54) is 17.2 Å². The second-order valence-corrected chi connectivity index (χ2v) is 6.13. The van der Waals surface area contributed by atoms with E-state index in [-0.39, 0.29) is 5.82 Å². The van der Waals surface area contributed by atoms with E-state index in [1.54, 1.807) is 19.2 Å². The number of ether oxygens (including phenoxy) is 1. The molecule has 0 saturated carbocycles. The van der Waals surface area contributed by atoms with Gasteiger partial charge in [-0.15, -0.1) is 0 Å². The highest BCUT2D eigenvalue weighted by molar-refractivity contribution is 9.10. The SMILES string of the molecule is COc1ccc2c(c1)C(NCc1cc(F)ccc1Br)CC2. The van der Waals surface area contributed by atoms with Crippen LogP contribution in [-0.2, 0) is 13.0 Å². The summed E-state index contributed by atoms with van der Waals surface area (Å²) < 4.78 is 19.6. The van der Waals surface area contributed by atoms with Crippen LogP contribution in [0.25, 0.3) is 0 Å². The fraction of sp³-hybridized carbons (Fsp3) is 0.294. The van der Waals surface area contributed by atoms with Gasteiger partial charge in [-0.2, -0.15) is 0 Å². The standard InChI is InChI=1S/C17H17BrFNO/c1-21-14-5-2-11-3-7-17(15(11)9-14)20-10-12-8-13(19)4-6-16(12)18/h2,4-6,8-9,17,20H,3,7,10H2,1H3. The second kappa shape index (κ2) is 6.16. The van der Waals surface area contributed by atoms with Gasteiger partial charge < -0.3 is 10.1 Å². The Morgan fingerprint density at radius 3 is 2.95 bits per heavy atom. The van der Waals surface area contributed by atoms with Crippen molar-refractivity contribution >= 4 is 15.9 Å². The van der Waals surface area contributed by atoms with Crippen LogP contribution >= 0.6 is 15.9 Å². The van der Waals surface area contributed by atoms with E-state index < -0.39 is 0 Å². The number of halogens is 2. The highest BCUT2D eigenvalue weighted by Crippen LogP contribution is 2.34. The molecule has 0 amide bonds. The first kappa shape index (κ1) is 14.5. The molecule has 21 heavy (non-hydrogen) atoms. The molecule has 2 aromatic rings. The summed E-state index contributed by atoms with van der Waals surface area (Å²) in [6, 6.07) is 11.3. The third-order valence-corrected chi connectivity index (χ3v) is 4.75. The number of aryl methyl sites for hydroxylation is 1. The van der Waals surface area contributed by atoms with E-state index in [9.17, 15) is 4.39 Å². The number of fused-ring (bicyclic) bond motifs is 1. The normalized spacial score (nSPS) is 16.8. The predicted octanol–water partition coefficient (Wildman–Crippen LogP) is 4.37. The second-order valence-electron chi connectivity index (χ2n) is 5.27. The van der Waals surface area contributed by atoms with E-state index in [4.69, 9.17) is 4.74 Å². The van der Waals surface area contributed by atoms with Crippen molar-refractivity contribution in [2.24, 2.45) is 0 Å². The van der Waals surface area contributed by atoms with Gasteiger partial charge in [-0.1, -0.05) is 22.0 Å². The van der Waals surface area contributed by atoms with Crippen LogP contribution in [0.2, 0.25) is 0 Å². The molecule has 110 valence electrons. The zero-order chi connectivity index (χ0) is 14.8. The van der Waals surface area contributed by atoms with Crippen molar-refractivity contribution in [2.75, 3.05) is 7.11 Å². The number of methoxy groups -OCH3 is 1. The number of rotatable bonds is 4. The van der Waals surface area contributed by atoms with Crippen molar-refractivity contribution in [3.63, 3.8) is 0 Å². The minimum atomic E-state index is -0.205. The van der Waals surface area contributed by atoms with E-state index in [0.717, 1.165) is 28.6 Å². The minimum absolute atomic E-state index is 0.205. The Kier molecular flexibility index (Phi) is 4.27. The van der Waals surface area contributed by atoms with Gasteiger partial charge in [0.1, 0.15) is 11.6 Å². The number of benzene rings is 2. The molecule has 2 aromatic carbocycles. The topological polar surface area (TPSA) is 21.3 Å². The molecule has 0 aliphatic heterocycles. The zero-order valence-electron chi connectivity index (χ0n) is 11.8. The molecule has 0 fully saturated rings. The smallest absolute Gasteiger partial charge is 0.123 e. The Morgan fingerprint density at radius 2 is 2.14 bits per heavy atom. The maximum atomic E-state index is 13.3. The number of hydrogen-bond donors (Lipinski definition) is 1. The first-order valence-corrected chi connectivity index (χ1v) is 7.81. The Labute approximate surface area is 132 Å². The lowest BCUT2D eigenvalue weighted by Gasteiger charge is -2.15. The maximum Gasteiger partial charge on any atom is 0.123 e. The molecule has 0 heterocycles. The average Bonchev–Trinajstić information content (AvgIpc) is 2.90. The van der Waals surface area contributed by atoms with Crippen LogP contribution in [0.1, 0.15) is 29.2 Å². The van der Waals surface area contributed by atoms with Gasteiger partial charge in [-0.05, 0) is 59.9 Å². The van der Waals surface area contributed by atoms with Crippen LogP contribution < -0.4 is 10.1 Å². The predicted molar refractivity (Wildman–Crippen MR) is 85.0 cm³/mol. The van der Waals surface area contributed by atoms with E-state index in [1.807, 2.05) is 6.07 Å². The highest BCUT2D eigenvalue weighted by atomic mass is 79.9. The fourth-order valence-electron chi connectivity index (χ4n) is 2.83. The van der Waals surface area contributed by atoms with Crippen molar-refractivity contribution < 1.29 is 9.13 Å². The molecule has 0 bridgehead atoms. The zero-order valence-corrected chi connectivity index (χ0v) is 13.4. The van der Waals surface area contributed by atoms with Crippen molar-refractivity contribution in [2.45, 2.75) is 25.4 Å². The van der Waals surface area contributed by atoms with Gasteiger partial charge in [0, 0.05) is 17.1 Å². The molecule has 0 radical (unpaired) electrons. The van der Waals surface area contributed by atoms with Gasteiger partial charge in [0.05, 0.1) is 7.11 Å². The molecule has 0 spiro atoms. The van der Waals surface area contributed by atoms with Crippen LogP contribution in [-0.4, -0.2) is 7.11 Å². The van der Waals surface area contributed by atoms with Crippen molar-refractivity contribution in [1.82, 2.24) is 5.32 Å². The first-order valence-electron chi connectivity index (χ1n) is 7.01. The number of hydrogen-bond acceptors (Lipinski definition) is 2. The molecule has 2 nitrogen and oxygen atoms in total. The summed E-state index contributed by atoms with van der Waals surface area (Å²) in [6.07, 6.45) is 2.14. The van der Waals surface area contributed by atoms with E-state index >= 15 is 0 Å². The molecule has 1 unspecified atom stereocenters. The molecule has 0 saturated heterocycles. The third kappa shape index (κ3) is 3.11. The van der Waals surface area contributed by atoms with Crippen LogP contribution in [0, 0.1) is 5.82 Å². The van der Waals surface area contributed by atoms with E-state index in [2.05, 4.69) is 33.4 Å². The lowest BCUT2D eigenvalue weighted by molar-refractivity contribution is 0.413. The molecule has 1 N–H and O–H groups in total. The highest BCUT2D eigenvalue weighted by Gasteiger charge is 2.22. The summed E-state index contributed by atoms with van der Waals surface area (Å²) in [5, 5.41) is 3.52. The van der Waals surface area contributed by atoms with Crippen molar-refractivity contribution in [3.05, 3.63) is 63.4 Å². The van der Waals surface area contributed by atoms with Gasteiger partial charge in [0.2, 0.25) is 0 Å². The third-order valence-electron chi connectivity index (χ3n) is 3.98. The monoisotopic (exact) mass is 349 g/mol. The van der Waals surface area contributed by atoms with Gasteiger partial charge in [0.25, 0.3) is 0 Å². The lowest BCUT2D eigenvalue weighted by atomic mass is 10.1. The van der Waals surface area contributed by atoms with Gasteiger partial charge in [0.15, 0.2) is 0 Å². The van der Waals surface area contributed by atoms with Crippen molar-refractivity contribution in [3.8, 4) is 5.75 Å². The van der Waals surface area contributed by atoms with Crippen LogP contribution in [0.3, 0.4) is 0 Å². The molecular formula is C17H17BrFNO. The van der Waals surface area contributed by atoms with Gasteiger partial charge in [-0.25, -0.2) is 4.39 Å². The summed E-state index contributed by atoms with van der Waals surface area (Å²) >= 11 is 3.47. The van der Waals surface area contributed by atoms with Crippen LogP contribution in [0.15, 0.2) is 40.9 Å². The molecule has 1 aliphatic rings. The van der Waals surface area contributed by atoms with Crippen molar-refractivity contribution in [1.29, 1.82) is 0 Å². The number of nitrogens with one attached hydrogen (secondary N) is 1. The minimum Gasteiger partial charge on any atom is -0.497 e. The molecule has 0 aromatic heterocycles. The quantitative estimate of drug-likeness (QED) is 0.884.